The Morgan fingerprint density at radius 2 is 1.84 bits per heavy atom. The van der Waals surface area contributed by atoms with Crippen molar-refractivity contribution in [1.82, 2.24) is 24.3 Å². The summed E-state index contributed by atoms with van der Waals surface area (Å²) in [6.45, 7) is 9.62. The van der Waals surface area contributed by atoms with Crippen molar-refractivity contribution >= 4 is 40.0 Å². The second-order valence-corrected chi connectivity index (χ2v) is 14.9. The van der Waals surface area contributed by atoms with Crippen LogP contribution in [0.2, 0.25) is 0 Å². The molecule has 0 aliphatic carbocycles. The van der Waals surface area contributed by atoms with Crippen LogP contribution in [0.25, 0.3) is 10.9 Å². The molecule has 0 bridgehead atoms. The van der Waals surface area contributed by atoms with Crippen molar-refractivity contribution in [3.05, 3.63) is 53.6 Å². The van der Waals surface area contributed by atoms with Gasteiger partial charge < -0.3 is 20.7 Å². The molecule has 3 N–H and O–H groups in total. The fraction of sp³-hybridized carbons (Fsp3) is 0.559. The van der Waals surface area contributed by atoms with E-state index in [2.05, 4.69) is 63.8 Å². The second-order valence-electron chi connectivity index (χ2n) is 13.4. The summed E-state index contributed by atoms with van der Waals surface area (Å²) in [6, 6.07) is 14.7. The van der Waals surface area contributed by atoms with Crippen molar-refractivity contribution in [3.63, 3.8) is 0 Å². The van der Waals surface area contributed by atoms with Gasteiger partial charge in [-0.1, -0.05) is 32.0 Å². The Bertz CT molecular complexity index is 1510. The molecule has 0 spiro atoms. The summed E-state index contributed by atoms with van der Waals surface area (Å²) in [5.74, 6) is 1.04. The molecule has 1 unspecified atom stereocenters. The zero-order valence-electron chi connectivity index (χ0n) is 27.2. The predicted molar refractivity (Wildman–Crippen MR) is 181 cm³/mol. The van der Waals surface area contributed by atoms with Gasteiger partial charge in [-0.05, 0) is 91.9 Å². The van der Waals surface area contributed by atoms with Crippen LogP contribution in [0.5, 0.6) is 0 Å². The van der Waals surface area contributed by atoms with Gasteiger partial charge >= 0.3 is 6.03 Å². The van der Waals surface area contributed by atoms with Crippen molar-refractivity contribution in [1.29, 1.82) is 0 Å². The summed E-state index contributed by atoms with van der Waals surface area (Å²) >= 11 is 0. The smallest absolute Gasteiger partial charge is 0.322 e. The zero-order chi connectivity index (χ0) is 32.1. The molecule has 2 saturated heterocycles. The quantitative estimate of drug-likeness (QED) is 0.305. The van der Waals surface area contributed by atoms with Gasteiger partial charge in [0, 0.05) is 58.1 Å². The van der Waals surface area contributed by atoms with Crippen LogP contribution in [0, 0.1) is 5.41 Å². The van der Waals surface area contributed by atoms with E-state index in [0.717, 1.165) is 86.9 Å². The molecule has 2 aliphatic rings. The van der Waals surface area contributed by atoms with Gasteiger partial charge in [-0.15, -0.1) is 0 Å². The number of carbonyl (C=O) groups excluding carboxylic acids is 2. The minimum atomic E-state index is -1.14. The summed E-state index contributed by atoms with van der Waals surface area (Å²) in [5, 5.41) is 8.23. The standard InChI is InChI=1S/C34H49N7O3S/c1-34(2,23-25-7-5-8-29(21-25)45(44)40-18-13-28(35)14-19-40)24-39-16-11-26(12-17-39)27-9-10-30-31(22-27)38(4)37-32(30)41(15-6-20-42)33(43)36-3/h5,7-10,20-22,26,28H,6,11-19,23-24,35H2,1-4H3,(H,36,43). The third kappa shape index (κ3) is 8.00. The molecule has 1 atom stereocenters. The monoisotopic (exact) mass is 635 g/mol. The molecule has 11 heteroatoms. The van der Waals surface area contributed by atoms with E-state index >= 15 is 0 Å². The van der Waals surface area contributed by atoms with Gasteiger partial charge in [0.05, 0.1) is 10.4 Å². The Balaban J connectivity index is 1.19. The number of piperidine rings is 2. The van der Waals surface area contributed by atoms with E-state index in [0.29, 0.717) is 11.7 Å². The Hall–Kier alpha value is -3.12. The van der Waals surface area contributed by atoms with Crippen LogP contribution in [0.3, 0.4) is 0 Å². The molecule has 2 aromatic carbocycles. The highest BCUT2D eigenvalue weighted by Crippen LogP contribution is 2.34. The SMILES string of the molecule is CNC(=O)N(CCC=O)c1nn(C)c2cc(C3CCN(CC(C)(C)Cc4cccc(S(=O)N5CCC(N)CC5)c4)CC3)ccc12. The number of aldehydes is 1. The molecule has 0 saturated carbocycles. The molecule has 3 heterocycles. The number of aryl methyl sites for hydroxylation is 1. The number of urea groups is 1. The summed E-state index contributed by atoms with van der Waals surface area (Å²) in [5.41, 5.74) is 9.65. The second kappa shape index (κ2) is 14.5. The van der Waals surface area contributed by atoms with Gasteiger partial charge in [0.15, 0.2) is 5.82 Å². The number of nitrogens with zero attached hydrogens (tertiary/aromatic N) is 5. The predicted octanol–water partition coefficient (Wildman–Crippen LogP) is 4.20. The Labute approximate surface area is 269 Å². The number of nitrogens with two attached hydrogens (primary N) is 1. The maximum Gasteiger partial charge on any atom is 0.322 e. The lowest BCUT2D eigenvalue weighted by atomic mass is 9.83. The minimum Gasteiger partial charge on any atom is -0.341 e. The number of rotatable bonds is 11. The van der Waals surface area contributed by atoms with E-state index in [4.69, 9.17) is 5.73 Å². The van der Waals surface area contributed by atoms with Crippen LogP contribution in [0.15, 0.2) is 47.4 Å². The van der Waals surface area contributed by atoms with E-state index in [1.165, 1.54) is 16.0 Å². The summed E-state index contributed by atoms with van der Waals surface area (Å²) in [4.78, 5) is 28.6. The number of nitrogens with one attached hydrogen (secondary N) is 1. The van der Waals surface area contributed by atoms with Gasteiger partial charge in [-0.25, -0.2) is 13.3 Å². The first-order valence-electron chi connectivity index (χ1n) is 16.2. The Morgan fingerprint density at radius 1 is 1.11 bits per heavy atom. The largest absolute Gasteiger partial charge is 0.341 e. The minimum absolute atomic E-state index is 0.0787. The first-order chi connectivity index (χ1) is 21.6. The van der Waals surface area contributed by atoms with E-state index in [1.54, 1.807) is 7.05 Å². The lowest BCUT2D eigenvalue weighted by molar-refractivity contribution is -0.107. The van der Waals surface area contributed by atoms with Crippen LogP contribution >= 0.6 is 0 Å². The molecule has 2 amide bonds. The summed E-state index contributed by atoms with van der Waals surface area (Å²) < 4.78 is 17.1. The van der Waals surface area contributed by atoms with Crippen molar-refractivity contribution < 1.29 is 13.8 Å². The first kappa shape index (κ1) is 33.2. The van der Waals surface area contributed by atoms with Gasteiger partial charge in [0.2, 0.25) is 0 Å². The topological polar surface area (TPSA) is 117 Å². The number of likely N-dealkylation sites (tertiary alicyclic amines) is 1. The Kier molecular flexibility index (Phi) is 10.7. The molecule has 2 aliphatic heterocycles. The third-order valence-corrected chi connectivity index (χ3v) is 10.8. The number of benzene rings is 2. The first-order valence-corrected chi connectivity index (χ1v) is 17.3. The van der Waals surface area contributed by atoms with Crippen molar-refractivity contribution in [3.8, 4) is 0 Å². The zero-order valence-corrected chi connectivity index (χ0v) is 28.0. The number of amides is 2. The molecular weight excluding hydrogens is 586 g/mol. The van der Waals surface area contributed by atoms with Gasteiger partial charge in [0.25, 0.3) is 0 Å². The normalized spacial score (nSPS) is 18.2. The molecule has 2 fully saturated rings. The van der Waals surface area contributed by atoms with Crippen molar-refractivity contribution in [2.24, 2.45) is 18.2 Å². The lowest BCUT2D eigenvalue weighted by Crippen LogP contribution is -2.40. The van der Waals surface area contributed by atoms with E-state index in [9.17, 15) is 13.8 Å². The molecular formula is C34H49N7O3S. The summed E-state index contributed by atoms with van der Waals surface area (Å²) in [6.07, 6.45) is 5.98. The number of anilines is 1. The van der Waals surface area contributed by atoms with Crippen molar-refractivity contribution in [2.45, 2.75) is 69.2 Å². The maximum absolute atomic E-state index is 13.2. The van der Waals surface area contributed by atoms with Crippen LogP contribution in [0.4, 0.5) is 10.6 Å². The molecule has 0 radical (unpaired) electrons. The van der Waals surface area contributed by atoms with E-state index in [-0.39, 0.29) is 30.5 Å². The van der Waals surface area contributed by atoms with Gasteiger partial charge in [0.1, 0.15) is 17.3 Å². The molecule has 244 valence electrons. The average Bonchev–Trinajstić information content (AvgIpc) is 3.36. The molecule has 3 aromatic rings. The summed E-state index contributed by atoms with van der Waals surface area (Å²) in [7, 11) is 2.35. The van der Waals surface area contributed by atoms with Crippen LogP contribution < -0.4 is 16.0 Å². The average molecular weight is 636 g/mol. The van der Waals surface area contributed by atoms with E-state index < -0.39 is 11.0 Å². The van der Waals surface area contributed by atoms with Crippen molar-refractivity contribution in [2.75, 3.05) is 51.2 Å². The highest BCUT2D eigenvalue weighted by atomic mass is 32.2. The lowest BCUT2D eigenvalue weighted by Gasteiger charge is -2.37. The number of hydrogen-bond donors (Lipinski definition) is 2. The highest BCUT2D eigenvalue weighted by molar-refractivity contribution is 7.82. The highest BCUT2D eigenvalue weighted by Gasteiger charge is 2.29. The molecule has 10 nitrogen and oxygen atoms in total. The fourth-order valence-corrected chi connectivity index (χ4v) is 8.21. The van der Waals surface area contributed by atoms with Gasteiger partial charge in [-0.2, -0.15) is 5.10 Å². The Morgan fingerprint density at radius 3 is 2.53 bits per heavy atom. The third-order valence-electron chi connectivity index (χ3n) is 9.27. The number of fused-ring (bicyclic) bond motifs is 1. The molecule has 45 heavy (non-hydrogen) atoms. The number of aromatic nitrogens is 2. The molecule has 1 aromatic heterocycles. The van der Waals surface area contributed by atoms with Crippen LogP contribution in [-0.2, 0) is 29.2 Å². The number of carbonyl (C=O) groups is 2. The maximum atomic E-state index is 13.2. The number of hydrogen-bond acceptors (Lipinski definition) is 6. The fourth-order valence-electron chi connectivity index (χ4n) is 6.92. The van der Waals surface area contributed by atoms with Crippen LogP contribution in [-0.4, -0.2) is 87.9 Å². The van der Waals surface area contributed by atoms with Crippen LogP contribution in [0.1, 0.15) is 63.0 Å². The van der Waals surface area contributed by atoms with E-state index in [1.807, 2.05) is 23.9 Å². The molecule has 5 rings (SSSR count). The van der Waals surface area contributed by atoms with Gasteiger partial charge in [-0.3, -0.25) is 9.58 Å².